The average Bonchev–Trinajstić information content (AvgIpc) is 3.35. The number of hydrogen-bond acceptors (Lipinski definition) is 5. The predicted molar refractivity (Wildman–Crippen MR) is 112 cm³/mol. The Hall–Kier alpha value is -3.46. The molecular formula is C20H21N5O3S. The predicted octanol–water partition coefficient (Wildman–Crippen LogP) is 2.63. The molecule has 1 atom stereocenters. The lowest BCUT2D eigenvalue weighted by Gasteiger charge is -2.21. The fraction of sp³-hybridized carbons (Fsp3) is 0.200. The van der Waals surface area contributed by atoms with Crippen LogP contribution in [0.15, 0.2) is 48.0 Å². The van der Waals surface area contributed by atoms with Crippen molar-refractivity contribution in [3.8, 4) is 11.3 Å². The number of amides is 3. The van der Waals surface area contributed by atoms with Crippen LogP contribution in [0.3, 0.4) is 0 Å². The zero-order valence-corrected chi connectivity index (χ0v) is 16.7. The highest BCUT2D eigenvalue weighted by molar-refractivity contribution is 7.14. The highest BCUT2D eigenvalue weighted by Gasteiger charge is 2.25. The standard InChI is InChI=1S/C20H21N5O3S/c1-11(2)16(24-18(27)12-6-4-3-5-7-12)19(28)25-20-23-15(10-29-20)13-8-14(17(21)26)22-9-13/h3-11,16,22H,1-2H3,(H2,21,26)(H,24,27)(H,23,25,28). The van der Waals surface area contributed by atoms with Crippen LogP contribution in [0.4, 0.5) is 5.13 Å². The van der Waals surface area contributed by atoms with Gasteiger partial charge in [-0.25, -0.2) is 4.98 Å². The minimum atomic E-state index is -0.719. The minimum Gasteiger partial charge on any atom is -0.364 e. The van der Waals surface area contributed by atoms with Gasteiger partial charge in [-0.3, -0.25) is 14.4 Å². The summed E-state index contributed by atoms with van der Waals surface area (Å²) in [6.07, 6.45) is 1.62. The number of thiazole rings is 1. The molecule has 150 valence electrons. The van der Waals surface area contributed by atoms with Gasteiger partial charge in [0, 0.05) is 22.7 Å². The maximum atomic E-state index is 12.7. The van der Waals surface area contributed by atoms with Gasteiger partial charge >= 0.3 is 0 Å². The highest BCUT2D eigenvalue weighted by Crippen LogP contribution is 2.25. The van der Waals surface area contributed by atoms with Crippen molar-refractivity contribution in [2.75, 3.05) is 5.32 Å². The number of hydrogen-bond donors (Lipinski definition) is 4. The van der Waals surface area contributed by atoms with Crippen LogP contribution < -0.4 is 16.4 Å². The molecule has 0 aliphatic rings. The maximum Gasteiger partial charge on any atom is 0.265 e. The van der Waals surface area contributed by atoms with E-state index in [-0.39, 0.29) is 23.4 Å². The number of aromatic nitrogens is 2. The summed E-state index contributed by atoms with van der Waals surface area (Å²) in [4.78, 5) is 43.5. The van der Waals surface area contributed by atoms with Crippen LogP contribution >= 0.6 is 11.3 Å². The van der Waals surface area contributed by atoms with E-state index in [1.165, 1.54) is 11.3 Å². The lowest BCUT2D eigenvalue weighted by molar-refractivity contribution is -0.118. The van der Waals surface area contributed by atoms with E-state index in [0.29, 0.717) is 22.0 Å². The Morgan fingerprint density at radius 3 is 2.52 bits per heavy atom. The smallest absolute Gasteiger partial charge is 0.265 e. The van der Waals surface area contributed by atoms with E-state index < -0.39 is 11.9 Å². The molecule has 3 rings (SSSR count). The number of rotatable bonds is 7. The zero-order chi connectivity index (χ0) is 21.0. The highest BCUT2D eigenvalue weighted by atomic mass is 32.1. The third-order valence-electron chi connectivity index (χ3n) is 4.25. The van der Waals surface area contributed by atoms with Gasteiger partial charge in [-0.15, -0.1) is 11.3 Å². The first-order chi connectivity index (χ1) is 13.8. The van der Waals surface area contributed by atoms with Crippen molar-refractivity contribution < 1.29 is 14.4 Å². The normalized spacial score (nSPS) is 11.8. The second-order valence-electron chi connectivity index (χ2n) is 6.75. The molecule has 0 radical (unpaired) electrons. The van der Waals surface area contributed by atoms with Gasteiger partial charge in [0.05, 0.1) is 5.69 Å². The summed E-state index contributed by atoms with van der Waals surface area (Å²) in [5.41, 5.74) is 7.29. The SMILES string of the molecule is CC(C)C(NC(=O)c1ccccc1)C(=O)Nc1nc(-c2c[nH]c(C(N)=O)c2)cs1. The second-order valence-corrected chi connectivity index (χ2v) is 7.61. The largest absolute Gasteiger partial charge is 0.364 e. The molecule has 0 saturated carbocycles. The number of aromatic amines is 1. The van der Waals surface area contributed by atoms with Crippen LogP contribution in [0.5, 0.6) is 0 Å². The Bertz CT molecular complexity index is 1030. The van der Waals surface area contributed by atoms with Gasteiger partial charge in [0.25, 0.3) is 11.8 Å². The van der Waals surface area contributed by atoms with E-state index in [4.69, 9.17) is 5.73 Å². The first kappa shape index (κ1) is 20.3. The summed E-state index contributed by atoms with van der Waals surface area (Å²) in [6, 6.07) is 9.61. The Kier molecular flexibility index (Phi) is 6.08. The first-order valence-corrected chi connectivity index (χ1v) is 9.84. The molecule has 3 amide bonds. The van der Waals surface area contributed by atoms with Crippen molar-refractivity contribution in [2.45, 2.75) is 19.9 Å². The number of carbonyl (C=O) groups is 3. The van der Waals surface area contributed by atoms with Crippen LogP contribution in [-0.2, 0) is 4.79 Å². The van der Waals surface area contributed by atoms with Crippen molar-refractivity contribution >= 4 is 34.2 Å². The molecule has 1 unspecified atom stereocenters. The van der Waals surface area contributed by atoms with Crippen LogP contribution in [-0.4, -0.2) is 33.7 Å². The summed E-state index contributed by atoms with van der Waals surface area (Å²) >= 11 is 1.25. The van der Waals surface area contributed by atoms with Crippen molar-refractivity contribution in [3.63, 3.8) is 0 Å². The number of nitrogens with zero attached hydrogens (tertiary/aromatic N) is 1. The minimum absolute atomic E-state index is 0.120. The van der Waals surface area contributed by atoms with Crippen LogP contribution in [0.1, 0.15) is 34.7 Å². The van der Waals surface area contributed by atoms with Crippen LogP contribution in [0.25, 0.3) is 11.3 Å². The van der Waals surface area contributed by atoms with E-state index in [9.17, 15) is 14.4 Å². The van der Waals surface area contributed by atoms with Crippen LogP contribution in [0.2, 0.25) is 0 Å². The maximum absolute atomic E-state index is 12.7. The van der Waals surface area contributed by atoms with Crippen LogP contribution in [0, 0.1) is 5.92 Å². The fourth-order valence-corrected chi connectivity index (χ4v) is 3.40. The molecule has 2 heterocycles. The number of benzene rings is 1. The third-order valence-corrected chi connectivity index (χ3v) is 5.01. The molecule has 0 aliphatic carbocycles. The molecular weight excluding hydrogens is 390 g/mol. The molecule has 0 fully saturated rings. The van der Waals surface area contributed by atoms with E-state index in [0.717, 1.165) is 0 Å². The van der Waals surface area contributed by atoms with Gasteiger partial charge in [-0.2, -0.15) is 0 Å². The Labute approximate surface area is 171 Å². The molecule has 0 bridgehead atoms. The van der Waals surface area contributed by atoms with E-state index >= 15 is 0 Å². The van der Waals surface area contributed by atoms with Crippen molar-refractivity contribution in [2.24, 2.45) is 11.7 Å². The van der Waals surface area contributed by atoms with Crippen molar-refractivity contribution in [1.82, 2.24) is 15.3 Å². The molecule has 3 aromatic rings. The van der Waals surface area contributed by atoms with Gasteiger partial charge in [0.2, 0.25) is 5.91 Å². The molecule has 1 aromatic carbocycles. The summed E-state index contributed by atoms with van der Waals surface area (Å²) in [6.45, 7) is 3.71. The Morgan fingerprint density at radius 1 is 1.17 bits per heavy atom. The average molecular weight is 411 g/mol. The van der Waals surface area contributed by atoms with E-state index in [1.807, 2.05) is 19.9 Å². The lowest BCUT2D eigenvalue weighted by Crippen LogP contribution is -2.47. The van der Waals surface area contributed by atoms with Gasteiger partial charge < -0.3 is 21.4 Å². The van der Waals surface area contributed by atoms with Crippen molar-refractivity contribution in [1.29, 1.82) is 0 Å². The van der Waals surface area contributed by atoms with E-state index in [1.54, 1.807) is 41.9 Å². The summed E-state index contributed by atoms with van der Waals surface area (Å²) in [5.74, 6) is -1.35. The number of primary amides is 1. The molecule has 0 aliphatic heterocycles. The first-order valence-electron chi connectivity index (χ1n) is 8.96. The quantitative estimate of drug-likeness (QED) is 0.476. The molecule has 0 spiro atoms. The monoisotopic (exact) mass is 411 g/mol. The van der Waals surface area contributed by atoms with Gasteiger partial charge in [0.1, 0.15) is 11.7 Å². The molecule has 8 nitrogen and oxygen atoms in total. The molecule has 0 saturated heterocycles. The molecule has 9 heteroatoms. The molecule has 5 N–H and O–H groups in total. The summed E-state index contributed by atoms with van der Waals surface area (Å²) in [7, 11) is 0. The molecule has 29 heavy (non-hydrogen) atoms. The third kappa shape index (κ3) is 4.88. The number of H-pyrrole nitrogens is 1. The number of anilines is 1. The number of nitrogens with two attached hydrogens (primary N) is 1. The zero-order valence-electron chi connectivity index (χ0n) is 15.9. The van der Waals surface area contributed by atoms with Crippen molar-refractivity contribution in [3.05, 3.63) is 59.2 Å². The Morgan fingerprint density at radius 2 is 1.90 bits per heavy atom. The molecule has 2 aromatic heterocycles. The Balaban J connectivity index is 1.69. The van der Waals surface area contributed by atoms with Gasteiger partial charge in [-0.1, -0.05) is 32.0 Å². The fourth-order valence-electron chi connectivity index (χ4n) is 2.68. The lowest BCUT2D eigenvalue weighted by atomic mass is 10.0. The van der Waals surface area contributed by atoms with Gasteiger partial charge in [0.15, 0.2) is 5.13 Å². The van der Waals surface area contributed by atoms with E-state index in [2.05, 4.69) is 20.6 Å². The summed E-state index contributed by atoms with van der Waals surface area (Å²) < 4.78 is 0. The number of nitrogens with one attached hydrogen (secondary N) is 3. The second kappa shape index (κ2) is 8.70. The topological polar surface area (TPSA) is 130 Å². The summed E-state index contributed by atoms with van der Waals surface area (Å²) in [5, 5.41) is 7.68. The number of carbonyl (C=O) groups excluding carboxylic acids is 3. The van der Waals surface area contributed by atoms with Gasteiger partial charge in [-0.05, 0) is 24.1 Å².